The van der Waals surface area contributed by atoms with Gasteiger partial charge in [-0.2, -0.15) is 5.10 Å². The van der Waals surface area contributed by atoms with E-state index >= 15 is 0 Å². The minimum Gasteiger partial charge on any atom is -0.390 e. The molecular formula is C17H22ClN3O2. The van der Waals surface area contributed by atoms with Crippen LogP contribution in [0.5, 0.6) is 0 Å². The van der Waals surface area contributed by atoms with Crippen molar-refractivity contribution in [2.75, 3.05) is 0 Å². The molecule has 5 aliphatic rings. The van der Waals surface area contributed by atoms with E-state index in [0.717, 1.165) is 50.6 Å². The number of amides is 1. The van der Waals surface area contributed by atoms with E-state index in [-0.39, 0.29) is 11.9 Å². The second kappa shape index (κ2) is 4.51. The van der Waals surface area contributed by atoms with Crippen LogP contribution in [0.2, 0.25) is 0 Å². The van der Waals surface area contributed by atoms with E-state index in [1.165, 1.54) is 0 Å². The molecule has 0 spiro atoms. The van der Waals surface area contributed by atoms with Crippen molar-refractivity contribution in [1.29, 1.82) is 0 Å². The van der Waals surface area contributed by atoms with Gasteiger partial charge in [-0.15, -0.1) is 11.6 Å². The summed E-state index contributed by atoms with van der Waals surface area (Å²) in [6.45, 7) is 0. The summed E-state index contributed by atoms with van der Waals surface area (Å²) < 4.78 is 0. The third kappa shape index (κ3) is 2.16. The fraction of sp³-hybridized carbons (Fsp3) is 0.765. The maximum absolute atomic E-state index is 12.8. The molecule has 1 aromatic heterocycles. The molecule has 5 saturated carbocycles. The van der Waals surface area contributed by atoms with Gasteiger partial charge in [0.25, 0.3) is 5.91 Å². The van der Waals surface area contributed by atoms with Gasteiger partial charge < -0.3 is 10.4 Å². The molecular weight excluding hydrogens is 314 g/mol. The Labute approximate surface area is 140 Å². The zero-order valence-corrected chi connectivity index (χ0v) is 13.8. The third-order valence-electron chi connectivity index (χ3n) is 6.56. The largest absolute Gasteiger partial charge is 0.390 e. The van der Waals surface area contributed by atoms with Crippen LogP contribution in [0.3, 0.4) is 0 Å². The van der Waals surface area contributed by atoms with Crippen LogP contribution in [0, 0.1) is 17.8 Å². The van der Waals surface area contributed by atoms with Crippen molar-refractivity contribution in [2.45, 2.75) is 61.5 Å². The average Bonchev–Trinajstić information content (AvgIpc) is 3.03. The molecule has 3 N–H and O–H groups in total. The Balaban J connectivity index is 1.37. The summed E-state index contributed by atoms with van der Waals surface area (Å²) in [4.78, 5) is 12.4. The fourth-order valence-corrected chi connectivity index (χ4v) is 5.84. The van der Waals surface area contributed by atoms with E-state index < -0.39 is 10.5 Å². The summed E-state index contributed by atoms with van der Waals surface area (Å²) in [5.41, 5.74) is 0.886. The number of carbonyl (C=O) groups excluding carboxylic acids is 1. The molecule has 0 aliphatic heterocycles. The molecule has 6 rings (SSSR count). The topological polar surface area (TPSA) is 78.0 Å². The van der Waals surface area contributed by atoms with Gasteiger partial charge in [-0.25, -0.2) is 0 Å². The lowest BCUT2D eigenvalue weighted by Crippen LogP contribution is -2.61. The number of rotatable bonds is 3. The molecule has 2 unspecified atom stereocenters. The van der Waals surface area contributed by atoms with Crippen LogP contribution < -0.4 is 5.32 Å². The summed E-state index contributed by atoms with van der Waals surface area (Å²) >= 11 is 6.46. The van der Waals surface area contributed by atoms with Crippen molar-refractivity contribution < 1.29 is 9.90 Å². The summed E-state index contributed by atoms with van der Waals surface area (Å²) in [6, 6.07) is 0.188. The lowest BCUT2D eigenvalue weighted by molar-refractivity contribution is -0.136. The maximum Gasteiger partial charge on any atom is 0.255 e. The highest BCUT2D eigenvalue weighted by Gasteiger charge is 2.55. The Morgan fingerprint density at radius 1 is 1.30 bits per heavy atom. The molecule has 2 atom stereocenters. The Hall–Kier alpha value is -1.07. The quantitative estimate of drug-likeness (QED) is 0.742. The molecule has 5 nitrogen and oxygen atoms in total. The number of nitrogens with one attached hydrogen (secondary N) is 2. The van der Waals surface area contributed by atoms with Crippen LogP contribution in [-0.4, -0.2) is 32.9 Å². The number of aliphatic hydroxyl groups is 1. The standard InChI is InChI=1S/C17H22ClN3O2/c18-17(1-2-17)14-12(8-19-21-14)15(22)20-13-10-3-9-4-11(13)7-16(23,5-9)6-10/h8-11,13,23H,1-7H2,(H,19,21)(H,20,22). The van der Waals surface area contributed by atoms with Gasteiger partial charge in [0.1, 0.15) is 0 Å². The van der Waals surface area contributed by atoms with E-state index in [2.05, 4.69) is 15.5 Å². The molecule has 5 aliphatic carbocycles. The van der Waals surface area contributed by atoms with E-state index in [1.807, 2.05) is 0 Å². The molecule has 0 aromatic carbocycles. The zero-order valence-electron chi connectivity index (χ0n) is 13.0. The first kappa shape index (κ1) is 14.3. The second-order valence-electron chi connectivity index (χ2n) is 8.32. The van der Waals surface area contributed by atoms with Gasteiger partial charge in [0, 0.05) is 6.04 Å². The Bertz CT molecular complexity index is 653. The lowest BCUT2D eigenvalue weighted by atomic mass is 9.52. The number of carbonyl (C=O) groups is 1. The normalized spacial score (nSPS) is 42.7. The van der Waals surface area contributed by atoms with E-state index in [0.29, 0.717) is 23.3 Å². The summed E-state index contributed by atoms with van der Waals surface area (Å²) in [7, 11) is 0. The number of hydrogen-bond donors (Lipinski definition) is 3. The molecule has 23 heavy (non-hydrogen) atoms. The highest BCUT2D eigenvalue weighted by Crippen LogP contribution is 2.56. The van der Waals surface area contributed by atoms with Gasteiger partial charge in [0.2, 0.25) is 0 Å². The molecule has 1 heterocycles. The van der Waals surface area contributed by atoms with Gasteiger partial charge in [0.15, 0.2) is 0 Å². The number of aromatic nitrogens is 2. The van der Waals surface area contributed by atoms with Crippen molar-refractivity contribution in [3.63, 3.8) is 0 Å². The lowest BCUT2D eigenvalue weighted by Gasteiger charge is -2.58. The van der Waals surface area contributed by atoms with Crippen LogP contribution in [0.1, 0.15) is 61.0 Å². The molecule has 0 saturated heterocycles. The number of nitrogens with zero attached hydrogens (tertiary/aromatic N) is 1. The monoisotopic (exact) mass is 335 g/mol. The SMILES string of the molecule is O=C(NC1C2CC3CC1CC(O)(C3)C2)c1cn[nH]c1C1(Cl)CC1. The Morgan fingerprint density at radius 3 is 2.61 bits per heavy atom. The number of alkyl halides is 1. The van der Waals surface area contributed by atoms with E-state index in [4.69, 9.17) is 11.6 Å². The molecule has 6 heteroatoms. The minimum absolute atomic E-state index is 0.0647. The molecule has 124 valence electrons. The minimum atomic E-state index is -0.466. The predicted molar refractivity (Wildman–Crippen MR) is 85.1 cm³/mol. The van der Waals surface area contributed by atoms with Gasteiger partial charge in [0.05, 0.1) is 27.9 Å². The maximum atomic E-state index is 12.8. The number of aromatic amines is 1. The van der Waals surface area contributed by atoms with Gasteiger partial charge in [-0.05, 0) is 62.7 Å². The smallest absolute Gasteiger partial charge is 0.255 e. The van der Waals surface area contributed by atoms with E-state index in [1.54, 1.807) is 6.20 Å². The van der Waals surface area contributed by atoms with Crippen molar-refractivity contribution >= 4 is 17.5 Å². The highest BCUT2D eigenvalue weighted by molar-refractivity contribution is 6.26. The highest BCUT2D eigenvalue weighted by atomic mass is 35.5. The summed E-state index contributed by atoms with van der Waals surface area (Å²) in [5, 5.41) is 20.9. The van der Waals surface area contributed by atoms with Crippen molar-refractivity contribution in [1.82, 2.24) is 15.5 Å². The van der Waals surface area contributed by atoms with Crippen molar-refractivity contribution in [2.24, 2.45) is 17.8 Å². The number of hydrogen-bond acceptors (Lipinski definition) is 3. The number of H-pyrrole nitrogens is 1. The Morgan fingerprint density at radius 2 is 2.00 bits per heavy atom. The second-order valence-corrected chi connectivity index (χ2v) is 9.04. The van der Waals surface area contributed by atoms with Crippen LogP contribution in [-0.2, 0) is 4.87 Å². The molecule has 0 radical (unpaired) electrons. The third-order valence-corrected chi connectivity index (χ3v) is 7.13. The van der Waals surface area contributed by atoms with Crippen molar-refractivity contribution in [3.05, 3.63) is 17.5 Å². The van der Waals surface area contributed by atoms with Gasteiger partial charge in [-0.3, -0.25) is 9.89 Å². The zero-order chi connectivity index (χ0) is 15.8. The molecule has 5 fully saturated rings. The predicted octanol–water partition coefficient (Wildman–Crippen LogP) is 2.31. The molecule has 4 bridgehead atoms. The fourth-order valence-electron chi connectivity index (χ4n) is 5.61. The van der Waals surface area contributed by atoms with Crippen LogP contribution in [0.15, 0.2) is 6.20 Å². The van der Waals surface area contributed by atoms with Crippen LogP contribution in [0.25, 0.3) is 0 Å². The van der Waals surface area contributed by atoms with E-state index in [9.17, 15) is 9.90 Å². The van der Waals surface area contributed by atoms with Crippen molar-refractivity contribution in [3.8, 4) is 0 Å². The first-order valence-electron chi connectivity index (χ1n) is 8.72. The first-order valence-corrected chi connectivity index (χ1v) is 9.10. The average molecular weight is 336 g/mol. The molecule has 1 aromatic rings. The summed E-state index contributed by atoms with van der Waals surface area (Å²) in [6.07, 6.45) is 8.28. The van der Waals surface area contributed by atoms with Gasteiger partial charge in [-0.1, -0.05) is 0 Å². The number of halogens is 1. The summed E-state index contributed by atoms with van der Waals surface area (Å²) in [5.74, 6) is 1.41. The first-order chi connectivity index (χ1) is 11.0. The van der Waals surface area contributed by atoms with Crippen LogP contribution >= 0.6 is 11.6 Å². The Kier molecular flexibility index (Phi) is 2.80. The van der Waals surface area contributed by atoms with Crippen LogP contribution in [0.4, 0.5) is 0 Å². The molecule has 1 amide bonds. The van der Waals surface area contributed by atoms with Gasteiger partial charge >= 0.3 is 0 Å².